The third-order valence-corrected chi connectivity index (χ3v) is 7.80. The number of carbonyl (C=O) groups is 1. The molecule has 3 nitrogen and oxygen atoms in total. The maximum Gasteiger partial charge on any atom is 0.155 e. The van der Waals surface area contributed by atoms with Gasteiger partial charge in [0.15, 0.2) is 5.78 Å². The van der Waals surface area contributed by atoms with Gasteiger partial charge in [-0.2, -0.15) is 5.26 Å². The molecule has 2 fully saturated rings. The minimum Gasteiger partial charge on any atom is -0.384 e. The number of nitrogens with zero attached hydrogens (tertiary/aromatic N) is 1. The highest BCUT2D eigenvalue weighted by Crippen LogP contribution is 2.64. The molecule has 0 aliphatic heterocycles. The van der Waals surface area contributed by atoms with E-state index in [0.29, 0.717) is 35.9 Å². The first kappa shape index (κ1) is 16.1. The summed E-state index contributed by atoms with van der Waals surface area (Å²) < 4.78 is 0. The van der Waals surface area contributed by atoms with E-state index in [4.69, 9.17) is 0 Å². The average molecular weight is 325 g/mol. The van der Waals surface area contributed by atoms with Gasteiger partial charge in [-0.3, -0.25) is 4.79 Å². The fourth-order valence-electron chi connectivity index (χ4n) is 6.66. The second-order valence-electron chi connectivity index (χ2n) is 8.39. The second-order valence-corrected chi connectivity index (χ2v) is 8.39. The van der Waals surface area contributed by atoms with E-state index in [-0.39, 0.29) is 11.8 Å². The monoisotopic (exact) mass is 325 g/mol. The fourth-order valence-corrected chi connectivity index (χ4v) is 6.66. The number of rotatable bonds is 2. The first-order valence-electron chi connectivity index (χ1n) is 9.56. The smallest absolute Gasteiger partial charge is 0.155 e. The van der Waals surface area contributed by atoms with Crippen LogP contribution in [0, 0.1) is 40.4 Å². The number of aliphatic hydroxyl groups is 1. The van der Waals surface area contributed by atoms with Gasteiger partial charge >= 0.3 is 0 Å². The summed E-state index contributed by atoms with van der Waals surface area (Å²) in [6, 6.07) is 2.22. The first-order valence-corrected chi connectivity index (χ1v) is 9.56. The molecule has 2 saturated carbocycles. The molecular weight excluding hydrogens is 298 g/mol. The lowest BCUT2D eigenvalue weighted by molar-refractivity contribution is -0.119. The predicted molar refractivity (Wildman–Crippen MR) is 91.8 cm³/mol. The van der Waals surface area contributed by atoms with Gasteiger partial charge in [-0.15, -0.1) is 0 Å². The molecule has 4 rings (SSSR count). The van der Waals surface area contributed by atoms with Crippen LogP contribution in [-0.4, -0.2) is 16.5 Å². The zero-order chi connectivity index (χ0) is 16.9. The van der Waals surface area contributed by atoms with E-state index in [2.05, 4.69) is 19.1 Å². The number of allylic oxidation sites excluding steroid dienone is 3. The Bertz CT molecular complexity index is 657. The SMILES string of the molecule is CC[C@]12CC[C@H]3[C@@H](CCC4=CC(=O)CC[C@@H]43)[C@@H]1C=C[C@@]2(O)CC#N. The van der Waals surface area contributed by atoms with E-state index in [9.17, 15) is 15.2 Å². The van der Waals surface area contributed by atoms with Crippen molar-refractivity contribution in [3.05, 3.63) is 23.8 Å². The maximum atomic E-state index is 11.8. The fraction of sp³-hybridized carbons (Fsp3) is 0.714. The number of ketones is 1. The highest BCUT2D eigenvalue weighted by Gasteiger charge is 2.61. The summed E-state index contributed by atoms with van der Waals surface area (Å²) in [5.41, 5.74) is 0.283. The summed E-state index contributed by atoms with van der Waals surface area (Å²) in [5, 5.41) is 20.4. The van der Waals surface area contributed by atoms with Crippen molar-refractivity contribution in [2.75, 3.05) is 0 Å². The molecule has 24 heavy (non-hydrogen) atoms. The Morgan fingerprint density at radius 3 is 2.88 bits per heavy atom. The van der Waals surface area contributed by atoms with E-state index in [1.807, 2.05) is 12.2 Å². The van der Waals surface area contributed by atoms with Crippen molar-refractivity contribution in [3.8, 4) is 6.07 Å². The van der Waals surface area contributed by atoms with Crippen LogP contribution in [0.5, 0.6) is 0 Å². The van der Waals surface area contributed by atoms with E-state index >= 15 is 0 Å². The van der Waals surface area contributed by atoms with Crippen LogP contribution in [0.25, 0.3) is 0 Å². The minimum atomic E-state index is -0.954. The first-order chi connectivity index (χ1) is 11.5. The highest BCUT2D eigenvalue weighted by atomic mass is 16.3. The molecule has 1 N–H and O–H groups in total. The van der Waals surface area contributed by atoms with Crippen molar-refractivity contribution < 1.29 is 9.90 Å². The number of hydrogen-bond donors (Lipinski definition) is 1. The molecule has 0 unspecified atom stereocenters. The summed E-state index contributed by atoms with van der Waals surface area (Å²) in [6.45, 7) is 2.18. The van der Waals surface area contributed by atoms with Crippen LogP contribution in [0.4, 0.5) is 0 Å². The Balaban J connectivity index is 1.67. The zero-order valence-electron chi connectivity index (χ0n) is 14.5. The normalized spacial score (nSPS) is 46.5. The van der Waals surface area contributed by atoms with E-state index < -0.39 is 5.60 Å². The molecule has 0 aromatic carbocycles. The van der Waals surface area contributed by atoms with E-state index in [1.54, 1.807) is 0 Å². The van der Waals surface area contributed by atoms with Crippen LogP contribution < -0.4 is 0 Å². The quantitative estimate of drug-likeness (QED) is 0.782. The summed E-state index contributed by atoms with van der Waals surface area (Å²) in [7, 11) is 0. The van der Waals surface area contributed by atoms with Gasteiger partial charge in [-0.05, 0) is 68.3 Å². The molecule has 0 saturated heterocycles. The predicted octanol–water partition coefficient (Wildman–Crippen LogP) is 3.94. The molecule has 0 radical (unpaired) electrons. The van der Waals surface area contributed by atoms with Crippen LogP contribution in [0.2, 0.25) is 0 Å². The van der Waals surface area contributed by atoms with Crippen LogP contribution in [0.1, 0.15) is 58.3 Å². The topological polar surface area (TPSA) is 61.1 Å². The molecule has 128 valence electrons. The highest BCUT2D eigenvalue weighted by molar-refractivity contribution is 5.91. The summed E-state index contributed by atoms with van der Waals surface area (Å²) in [5.74, 6) is 2.52. The van der Waals surface area contributed by atoms with Gasteiger partial charge in [0, 0.05) is 11.8 Å². The number of carbonyl (C=O) groups excluding carboxylic acids is 1. The van der Waals surface area contributed by atoms with Crippen LogP contribution in [0.15, 0.2) is 23.8 Å². The third kappa shape index (κ3) is 2.02. The van der Waals surface area contributed by atoms with Crippen molar-refractivity contribution in [2.24, 2.45) is 29.1 Å². The second kappa shape index (κ2) is 5.56. The van der Waals surface area contributed by atoms with Crippen LogP contribution in [0.3, 0.4) is 0 Å². The molecule has 0 spiro atoms. The average Bonchev–Trinajstić information content (AvgIpc) is 2.88. The third-order valence-electron chi connectivity index (χ3n) is 7.80. The summed E-state index contributed by atoms with van der Waals surface area (Å²) in [4.78, 5) is 11.8. The van der Waals surface area contributed by atoms with E-state index in [0.717, 1.165) is 38.5 Å². The lowest BCUT2D eigenvalue weighted by Gasteiger charge is -2.56. The lowest BCUT2D eigenvalue weighted by atomic mass is 9.48. The van der Waals surface area contributed by atoms with Gasteiger partial charge < -0.3 is 5.11 Å². The number of nitriles is 1. The van der Waals surface area contributed by atoms with Crippen molar-refractivity contribution in [1.29, 1.82) is 5.26 Å². The summed E-state index contributed by atoms with van der Waals surface area (Å²) >= 11 is 0. The largest absolute Gasteiger partial charge is 0.384 e. The molecule has 0 aromatic rings. The van der Waals surface area contributed by atoms with Gasteiger partial charge in [0.25, 0.3) is 0 Å². The molecule has 0 heterocycles. The van der Waals surface area contributed by atoms with Crippen LogP contribution in [-0.2, 0) is 4.79 Å². The number of fused-ring (bicyclic) bond motifs is 5. The Labute approximate surface area is 144 Å². The van der Waals surface area contributed by atoms with Gasteiger partial charge in [-0.25, -0.2) is 0 Å². The molecule has 0 aromatic heterocycles. The van der Waals surface area contributed by atoms with Gasteiger partial charge in [0.1, 0.15) is 5.60 Å². The Kier molecular flexibility index (Phi) is 3.73. The standard InChI is InChI=1S/C21H27NO2/c1-2-20-9-7-17-16-6-4-15(23)13-14(16)3-5-18(17)19(20)8-10-21(20,24)11-12-22/h8,10,13,16-19,24H,2-7,9,11H2,1H3/t16-,17+,18+,19-,20-,21+/m0/s1. The Hall–Kier alpha value is -1.40. The molecule has 4 aliphatic carbocycles. The molecule has 3 heteroatoms. The van der Waals surface area contributed by atoms with Crippen molar-refractivity contribution in [3.63, 3.8) is 0 Å². The zero-order valence-corrected chi connectivity index (χ0v) is 14.5. The molecule has 4 aliphatic rings. The molecule has 6 atom stereocenters. The lowest BCUT2D eigenvalue weighted by Crippen LogP contribution is -2.54. The molecule has 0 bridgehead atoms. The van der Waals surface area contributed by atoms with Gasteiger partial charge in [0.05, 0.1) is 12.5 Å². The van der Waals surface area contributed by atoms with Crippen molar-refractivity contribution in [2.45, 2.75) is 63.9 Å². The summed E-state index contributed by atoms with van der Waals surface area (Å²) in [6.07, 6.45) is 13.3. The van der Waals surface area contributed by atoms with Crippen molar-refractivity contribution >= 4 is 5.78 Å². The number of hydrogen-bond acceptors (Lipinski definition) is 3. The van der Waals surface area contributed by atoms with Crippen molar-refractivity contribution in [1.82, 2.24) is 0 Å². The van der Waals surface area contributed by atoms with E-state index in [1.165, 1.54) is 5.57 Å². The van der Waals surface area contributed by atoms with Gasteiger partial charge in [0.2, 0.25) is 0 Å². The van der Waals surface area contributed by atoms with Gasteiger partial charge in [-0.1, -0.05) is 24.6 Å². The maximum absolute atomic E-state index is 11.8. The molecule has 0 amide bonds. The van der Waals surface area contributed by atoms with Crippen LogP contribution >= 0.6 is 0 Å². The Morgan fingerprint density at radius 2 is 2.12 bits per heavy atom. The minimum absolute atomic E-state index is 0.157. The Morgan fingerprint density at radius 1 is 1.29 bits per heavy atom. The molecular formula is C21H27NO2.